The van der Waals surface area contributed by atoms with Gasteiger partial charge in [0.15, 0.2) is 5.60 Å². The number of carbonyl (C=O) groups is 3. The van der Waals surface area contributed by atoms with E-state index < -0.39 is 64.1 Å². The molecule has 2 saturated carbocycles. The van der Waals surface area contributed by atoms with Crippen LogP contribution in [0.3, 0.4) is 0 Å². The molecular formula is C32H41LiO8. The van der Waals surface area contributed by atoms with Gasteiger partial charge in [0.2, 0.25) is 0 Å². The summed E-state index contributed by atoms with van der Waals surface area (Å²) in [6.07, 6.45) is -2.27. The number of ketones is 1. The van der Waals surface area contributed by atoms with E-state index in [0.717, 1.165) is 0 Å². The van der Waals surface area contributed by atoms with Gasteiger partial charge in [0, 0.05) is 23.7 Å². The Morgan fingerprint density at radius 2 is 1.80 bits per heavy atom. The van der Waals surface area contributed by atoms with Crippen molar-refractivity contribution in [3.05, 3.63) is 47.0 Å². The molecule has 5 rings (SSSR count). The third-order valence-electron chi connectivity index (χ3n) is 10.9. The summed E-state index contributed by atoms with van der Waals surface area (Å²) in [7, 11) is 0. The number of Topliss-reactive ketones (excluding diaryl/α,β-unsaturated/α-hetero) is 1. The van der Waals surface area contributed by atoms with Crippen molar-refractivity contribution >= 4 is 17.7 Å². The van der Waals surface area contributed by atoms with Crippen molar-refractivity contribution in [1.29, 1.82) is 0 Å². The number of carbonyl (C=O) groups excluding carboxylic acids is 3. The van der Waals surface area contributed by atoms with Crippen LogP contribution >= 0.6 is 0 Å². The quantitative estimate of drug-likeness (QED) is 0.319. The van der Waals surface area contributed by atoms with Crippen LogP contribution in [0.1, 0.15) is 78.1 Å². The van der Waals surface area contributed by atoms with E-state index in [1.54, 1.807) is 37.3 Å². The normalized spacial score (nSPS) is 41.0. The van der Waals surface area contributed by atoms with Crippen LogP contribution in [0, 0.1) is 28.6 Å². The second kappa shape index (κ2) is 10.6. The Morgan fingerprint density at radius 1 is 1.17 bits per heavy atom. The number of hydrogen-bond acceptors (Lipinski definition) is 8. The molecule has 0 spiro atoms. The first-order valence-corrected chi connectivity index (χ1v) is 14.4. The molecule has 0 unspecified atom stereocenters. The number of rotatable bonds is 4. The van der Waals surface area contributed by atoms with E-state index in [0.29, 0.717) is 24.0 Å². The zero-order valence-corrected chi connectivity index (χ0v) is 25.5. The van der Waals surface area contributed by atoms with Gasteiger partial charge in [-0.1, -0.05) is 70.4 Å². The van der Waals surface area contributed by atoms with E-state index in [1.807, 2.05) is 34.6 Å². The molecule has 3 fully saturated rings. The Balaban J connectivity index is 0.00000387. The molecule has 2 bridgehead atoms. The van der Waals surface area contributed by atoms with E-state index in [9.17, 15) is 24.6 Å². The third kappa shape index (κ3) is 4.31. The molecule has 9 heteroatoms. The molecule has 1 aliphatic heterocycles. The molecule has 1 aromatic rings. The van der Waals surface area contributed by atoms with Crippen LogP contribution in [0.4, 0.5) is 0 Å². The maximum Gasteiger partial charge on any atom is 1.00 e. The fraction of sp³-hybridized carbons (Fsp3) is 0.656. The van der Waals surface area contributed by atoms with Crippen molar-refractivity contribution in [1.82, 2.24) is 0 Å². The smallest absolute Gasteiger partial charge is 0.849 e. The minimum absolute atomic E-state index is 0. The topological polar surface area (TPSA) is 122 Å². The number of ether oxygens (including phenoxy) is 3. The van der Waals surface area contributed by atoms with Crippen LogP contribution in [0.2, 0.25) is 0 Å². The second-order valence-electron chi connectivity index (χ2n) is 13.1. The average molecular weight is 561 g/mol. The van der Waals surface area contributed by atoms with Crippen molar-refractivity contribution in [2.75, 3.05) is 6.61 Å². The molecule has 9 atom stereocenters. The first-order chi connectivity index (χ1) is 18.7. The van der Waals surface area contributed by atoms with Crippen molar-refractivity contribution in [3.63, 3.8) is 0 Å². The Morgan fingerprint density at radius 3 is 2.34 bits per heavy atom. The van der Waals surface area contributed by atoms with Crippen LogP contribution in [0.5, 0.6) is 0 Å². The van der Waals surface area contributed by atoms with E-state index in [4.69, 9.17) is 14.2 Å². The molecule has 3 aliphatic carbocycles. The fourth-order valence-electron chi connectivity index (χ4n) is 8.87. The van der Waals surface area contributed by atoms with Gasteiger partial charge in [0.25, 0.3) is 0 Å². The van der Waals surface area contributed by atoms with Crippen LogP contribution < -0.4 is 24.0 Å². The summed E-state index contributed by atoms with van der Waals surface area (Å²) in [6, 6.07) is 8.44. The number of esters is 2. The van der Waals surface area contributed by atoms with Gasteiger partial charge in [0.05, 0.1) is 18.1 Å². The largest absolute Gasteiger partial charge is 1.00 e. The van der Waals surface area contributed by atoms with E-state index >= 15 is 0 Å². The summed E-state index contributed by atoms with van der Waals surface area (Å²) >= 11 is 0. The molecule has 1 aromatic carbocycles. The number of benzene rings is 1. The van der Waals surface area contributed by atoms with Gasteiger partial charge in [0.1, 0.15) is 23.6 Å². The number of fused-ring (bicyclic) bond motifs is 5. The van der Waals surface area contributed by atoms with Gasteiger partial charge < -0.3 is 24.4 Å². The molecule has 1 heterocycles. The van der Waals surface area contributed by atoms with Gasteiger partial charge in [-0.3, -0.25) is 9.59 Å². The maximum absolute atomic E-state index is 14.8. The molecular weight excluding hydrogens is 519 g/mol. The van der Waals surface area contributed by atoms with E-state index in [2.05, 4.69) is 0 Å². The van der Waals surface area contributed by atoms with Gasteiger partial charge >= 0.3 is 30.8 Å². The summed E-state index contributed by atoms with van der Waals surface area (Å²) in [4.78, 5) is 41.2. The van der Waals surface area contributed by atoms with Gasteiger partial charge in [-0.2, -0.15) is 0 Å². The summed E-state index contributed by atoms with van der Waals surface area (Å²) in [5, 5.41) is 26.5. The Kier molecular flexibility index (Phi) is 8.30. The van der Waals surface area contributed by atoms with Crippen LogP contribution in [0.15, 0.2) is 41.5 Å². The molecule has 41 heavy (non-hydrogen) atoms. The first kappa shape index (κ1) is 32.0. The zero-order valence-electron chi connectivity index (χ0n) is 25.5. The van der Waals surface area contributed by atoms with Crippen molar-refractivity contribution in [2.45, 2.75) is 97.2 Å². The average Bonchev–Trinajstić information content (AvgIpc) is 2.89. The minimum Gasteiger partial charge on any atom is -0.849 e. The molecule has 1 N–H and O–H groups in total. The second-order valence-corrected chi connectivity index (χ2v) is 13.1. The van der Waals surface area contributed by atoms with Crippen LogP contribution in [0.25, 0.3) is 0 Å². The summed E-state index contributed by atoms with van der Waals surface area (Å²) in [5.74, 6) is -3.14. The standard InChI is InChI=1S/C32H41O8.Li/c1-8-21-14-23-31(16-38-23,40-19(4)33)25-27(39-28(36)20-12-10-9-11-13-20)32(37)15-22(34)17(2)24(29(32,5)6)18(3)26(35)30(21,25)7;/h9-13,18,21-23,25,27,37H,8,14-16H2,1-7H3;/q-1;+1/t18-,21+,22+,23-,25+,27+,30-,31+,32-;/m1./s1. The van der Waals surface area contributed by atoms with Crippen LogP contribution in [-0.2, 0) is 23.8 Å². The minimum atomic E-state index is -1.86. The molecule has 4 aliphatic rings. The predicted molar refractivity (Wildman–Crippen MR) is 144 cm³/mol. The Labute approximate surface area is 254 Å². The molecule has 1 saturated heterocycles. The monoisotopic (exact) mass is 560 g/mol. The van der Waals surface area contributed by atoms with Gasteiger partial charge in [-0.15, -0.1) is 6.10 Å². The number of hydrogen-bond donors (Lipinski definition) is 1. The Hall–Kier alpha value is -1.95. The van der Waals surface area contributed by atoms with Crippen molar-refractivity contribution in [2.24, 2.45) is 28.6 Å². The van der Waals surface area contributed by atoms with E-state index in [-0.39, 0.29) is 49.2 Å². The Bertz CT molecular complexity index is 1260. The third-order valence-corrected chi connectivity index (χ3v) is 10.9. The summed E-state index contributed by atoms with van der Waals surface area (Å²) < 4.78 is 18.4. The van der Waals surface area contributed by atoms with Gasteiger partial charge in [-0.05, 0) is 37.8 Å². The first-order valence-electron chi connectivity index (χ1n) is 14.4. The van der Waals surface area contributed by atoms with Crippen LogP contribution in [-0.4, -0.2) is 58.9 Å². The molecule has 8 nitrogen and oxygen atoms in total. The molecule has 0 amide bonds. The predicted octanol–water partition coefficient (Wildman–Crippen LogP) is 0.394. The van der Waals surface area contributed by atoms with Gasteiger partial charge in [-0.25, -0.2) is 4.79 Å². The zero-order chi connectivity index (χ0) is 29.4. The molecule has 218 valence electrons. The summed E-state index contributed by atoms with van der Waals surface area (Å²) in [6.45, 7) is 12.4. The van der Waals surface area contributed by atoms with E-state index in [1.165, 1.54) is 6.92 Å². The van der Waals surface area contributed by atoms with Crippen molar-refractivity contribution < 1.29 is 57.7 Å². The molecule has 0 radical (unpaired) electrons. The maximum atomic E-state index is 14.8. The summed E-state index contributed by atoms with van der Waals surface area (Å²) in [5.41, 5.74) is -3.99. The van der Waals surface area contributed by atoms with Crippen molar-refractivity contribution in [3.8, 4) is 0 Å². The SMILES string of the molecule is CC[C@H]1C[C@H]2OC[C@@]2(OC(C)=O)[C@H]2[C@H](OC(=O)c3ccccc3)[C@]3(O)C[C@H]([O-])C(C)=C([C@@H](C)C(=O)[C@]12C)C3(C)C.[Li+]. The molecule has 0 aromatic heterocycles. The fourth-order valence-corrected chi connectivity index (χ4v) is 8.87. The number of aliphatic hydroxyl groups is 1.